The molecule has 4 nitrogen and oxygen atoms in total. The van der Waals surface area contributed by atoms with Gasteiger partial charge in [0.25, 0.3) is 10.0 Å². The summed E-state index contributed by atoms with van der Waals surface area (Å²) in [6.45, 7) is 0. The van der Waals surface area contributed by atoms with Crippen LogP contribution in [0, 0.1) is 5.82 Å². The van der Waals surface area contributed by atoms with Crippen molar-refractivity contribution in [3.63, 3.8) is 0 Å². The summed E-state index contributed by atoms with van der Waals surface area (Å²) >= 11 is 4.21. The van der Waals surface area contributed by atoms with Gasteiger partial charge in [0.1, 0.15) is 5.82 Å². The molecule has 0 radical (unpaired) electrons. The SMILES string of the molecule is Nc1ccc(NS(=O)(=O)c2sccc2Br)cc1F. The average Bonchev–Trinajstić information content (AvgIpc) is 2.70. The van der Waals surface area contributed by atoms with Gasteiger partial charge in [0.05, 0.1) is 11.4 Å². The van der Waals surface area contributed by atoms with E-state index in [1.54, 1.807) is 11.4 Å². The fourth-order valence-electron chi connectivity index (χ4n) is 1.26. The number of thiophene rings is 1. The van der Waals surface area contributed by atoms with Gasteiger partial charge >= 0.3 is 0 Å². The Labute approximate surface area is 116 Å². The zero-order valence-corrected chi connectivity index (χ0v) is 12.1. The Balaban J connectivity index is 2.34. The van der Waals surface area contributed by atoms with E-state index in [2.05, 4.69) is 20.7 Å². The lowest BCUT2D eigenvalue weighted by atomic mass is 10.3. The maximum Gasteiger partial charge on any atom is 0.272 e. The Morgan fingerprint density at radius 2 is 2.06 bits per heavy atom. The van der Waals surface area contributed by atoms with Gasteiger partial charge in [0.15, 0.2) is 4.21 Å². The highest BCUT2D eigenvalue weighted by molar-refractivity contribution is 9.10. The van der Waals surface area contributed by atoms with Crippen LogP contribution >= 0.6 is 27.3 Å². The molecule has 1 aromatic heterocycles. The molecule has 0 saturated carbocycles. The molecule has 0 aliphatic carbocycles. The van der Waals surface area contributed by atoms with Crippen molar-refractivity contribution in [2.75, 3.05) is 10.5 Å². The van der Waals surface area contributed by atoms with Gasteiger partial charge in [-0.05, 0) is 39.5 Å². The summed E-state index contributed by atoms with van der Waals surface area (Å²) in [5.41, 5.74) is 5.41. The highest BCUT2D eigenvalue weighted by Crippen LogP contribution is 2.29. The van der Waals surface area contributed by atoms with Crippen LogP contribution in [0.25, 0.3) is 0 Å². The minimum atomic E-state index is -3.72. The Morgan fingerprint density at radius 1 is 1.33 bits per heavy atom. The number of rotatable bonds is 3. The summed E-state index contributed by atoms with van der Waals surface area (Å²) in [6.07, 6.45) is 0. The van der Waals surface area contributed by atoms with Crippen molar-refractivity contribution < 1.29 is 12.8 Å². The normalized spacial score (nSPS) is 11.4. The van der Waals surface area contributed by atoms with E-state index >= 15 is 0 Å². The number of hydrogen-bond donors (Lipinski definition) is 2. The minimum Gasteiger partial charge on any atom is -0.396 e. The summed E-state index contributed by atoms with van der Waals surface area (Å²) in [6, 6.07) is 5.37. The topological polar surface area (TPSA) is 72.2 Å². The zero-order chi connectivity index (χ0) is 13.3. The van der Waals surface area contributed by atoms with Gasteiger partial charge in [-0.1, -0.05) is 0 Å². The number of nitrogen functional groups attached to an aromatic ring is 1. The predicted octanol–water partition coefficient (Wildman–Crippen LogP) is 3.03. The average molecular weight is 351 g/mol. The number of anilines is 2. The fraction of sp³-hybridized carbons (Fsp3) is 0. The number of hydrogen-bond acceptors (Lipinski definition) is 4. The Morgan fingerprint density at radius 3 is 2.61 bits per heavy atom. The van der Waals surface area contributed by atoms with E-state index in [1.165, 1.54) is 12.1 Å². The van der Waals surface area contributed by atoms with Crippen LogP contribution in [0.2, 0.25) is 0 Å². The van der Waals surface area contributed by atoms with Crippen molar-refractivity contribution in [2.45, 2.75) is 4.21 Å². The molecule has 1 aromatic carbocycles. The maximum absolute atomic E-state index is 13.2. The zero-order valence-electron chi connectivity index (χ0n) is 8.85. The van der Waals surface area contributed by atoms with Gasteiger partial charge in [-0.15, -0.1) is 11.3 Å². The van der Waals surface area contributed by atoms with Gasteiger partial charge in [-0.25, -0.2) is 12.8 Å². The van der Waals surface area contributed by atoms with E-state index in [9.17, 15) is 12.8 Å². The van der Waals surface area contributed by atoms with Crippen molar-refractivity contribution >= 4 is 48.7 Å². The maximum atomic E-state index is 13.2. The van der Waals surface area contributed by atoms with E-state index < -0.39 is 15.8 Å². The molecule has 2 aromatic rings. The summed E-state index contributed by atoms with van der Waals surface area (Å²) in [7, 11) is -3.72. The third-order valence-electron chi connectivity index (χ3n) is 2.08. The third kappa shape index (κ3) is 2.65. The van der Waals surface area contributed by atoms with Gasteiger partial charge in [-0.3, -0.25) is 4.72 Å². The molecule has 0 aliphatic heterocycles. The molecular formula is C10H8BrFN2O2S2. The first-order valence-corrected chi connectivity index (χ1v) is 7.86. The van der Waals surface area contributed by atoms with Crippen molar-refractivity contribution in [2.24, 2.45) is 0 Å². The van der Waals surface area contributed by atoms with Gasteiger partial charge in [0, 0.05) is 10.5 Å². The molecule has 0 aliphatic rings. The van der Waals surface area contributed by atoms with Crippen LogP contribution in [0.5, 0.6) is 0 Å². The molecular weight excluding hydrogens is 343 g/mol. The lowest BCUT2D eigenvalue weighted by Crippen LogP contribution is -2.12. The lowest BCUT2D eigenvalue weighted by molar-refractivity contribution is 0.602. The smallest absolute Gasteiger partial charge is 0.272 e. The van der Waals surface area contributed by atoms with Crippen molar-refractivity contribution in [3.8, 4) is 0 Å². The monoisotopic (exact) mass is 350 g/mol. The molecule has 8 heteroatoms. The molecule has 0 bridgehead atoms. The molecule has 2 rings (SSSR count). The van der Waals surface area contributed by atoms with Crippen LogP contribution in [0.3, 0.4) is 0 Å². The van der Waals surface area contributed by atoms with E-state index in [1.807, 2.05) is 0 Å². The molecule has 18 heavy (non-hydrogen) atoms. The van der Waals surface area contributed by atoms with Gasteiger partial charge in [-0.2, -0.15) is 0 Å². The summed E-state index contributed by atoms with van der Waals surface area (Å²) < 4.78 is 40.1. The molecule has 0 amide bonds. The van der Waals surface area contributed by atoms with Crippen LogP contribution < -0.4 is 10.5 Å². The molecule has 96 valence electrons. The van der Waals surface area contributed by atoms with Crippen molar-refractivity contribution in [1.82, 2.24) is 0 Å². The quantitative estimate of drug-likeness (QED) is 0.835. The van der Waals surface area contributed by atoms with E-state index in [-0.39, 0.29) is 15.6 Å². The summed E-state index contributed by atoms with van der Waals surface area (Å²) in [5, 5.41) is 1.64. The Bertz CT molecular complexity index is 685. The number of nitrogens with one attached hydrogen (secondary N) is 1. The van der Waals surface area contributed by atoms with Crippen LogP contribution in [-0.2, 0) is 10.0 Å². The van der Waals surface area contributed by atoms with Crippen LogP contribution in [0.15, 0.2) is 38.3 Å². The molecule has 0 unspecified atom stereocenters. The van der Waals surface area contributed by atoms with E-state index in [0.717, 1.165) is 17.4 Å². The number of sulfonamides is 1. The number of nitrogens with two attached hydrogens (primary N) is 1. The third-order valence-corrected chi connectivity index (χ3v) is 6.13. The first-order valence-electron chi connectivity index (χ1n) is 4.71. The van der Waals surface area contributed by atoms with Gasteiger partial charge in [0.2, 0.25) is 0 Å². The first-order chi connectivity index (χ1) is 8.40. The van der Waals surface area contributed by atoms with Crippen molar-refractivity contribution in [1.29, 1.82) is 0 Å². The Hall–Kier alpha value is -1.12. The van der Waals surface area contributed by atoms with Gasteiger partial charge < -0.3 is 5.73 Å². The molecule has 0 saturated heterocycles. The molecule has 1 heterocycles. The van der Waals surface area contributed by atoms with Crippen LogP contribution in [-0.4, -0.2) is 8.42 Å². The summed E-state index contributed by atoms with van der Waals surface area (Å²) in [5.74, 6) is -0.666. The molecule has 0 spiro atoms. The second-order valence-electron chi connectivity index (χ2n) is 3.40. The second-order valence-corrected chi connectivity index (χ2v) is 7.05. The van der Waals surface area contributed by atoms with E-state index in [4.69, 9.17) is 5.73 Å². The minimum absolute atomic E-state index is 0.0322. The fourth-order valence-corrected chi connectivity index (χ4v) is 4.65. The van der Waals surface area contributed by atoms with Crippen LogP contribution in [0.4, 0.5) is 15.8 Å². The first kappa shape index (κ1) is 13.3. The summed E-state index contributed by atoms with van der Waals surface area (Å²) in [4.78, 5) is 0. The Kier molecular flexibility index (Phi) is 3.60. The van der Waals surface area contributed by atoms with Crippen molar-refractivity contribution in [3.05, 3.63) is 39.9 Å². The van der Waals surface area contributed by atoms with E-state index in [0.29, 0.717) is 4.47 Å². The number of benzene rings is 1. The lowest BCUT2D eigenvalue weighted by Gasteiger charge is -2.07. The largest absolute Gasteiger partial charge is 0.396 e. The highest BCUT2D eigenvalue weighted by Gasteiger charge is 2.19. The van der Waals surface area contributed by atoms with Crippen LogP contribution in [0.1, 0.15) is 0 Å². The standard InChI is InChI=1S/C10H8BrFN2O2S2/c11-7-3-4-17-10(7)18(15,16)14-6-1-2-9(13)8(12)5-6/h1-5,14H,13H2. The highest BCUT2D eigenvalue weighted by atomic mass is 79.9. The molecule has 0 atom stereocenters. The number of halogens is 2. The molecule has 3 N–H and O–H groups in total. The second kappa shape index (κ2) is 4.87. The predicted molar refractivity (Wildman–Crippen MR) is 73.6 cm³/mol. The molecule has 0 fully saturated rings.